The Kier molecular flexibility index (Phi) is 6.10. The van der Waals surface area contributed by atoms with E-state index in [0.29, 0.717) is 17.0 Å². The van der Waals surface area contributed by atoms with Crippen LogP contribution in [-0.2, 0) is 10.8 Å². The molecule has 4 nitrogen and oxygen atoms in total. The number of benzene rings is 1. The van der Waals surface area contributed by atoms with Gasteiger partial charge in [-0.2, -0.15) is 0 Å². The molecule has 2 atom stereocenters. The van der Waals surface area contributed by atoms with E-state index < -0.39 is 22.3 Å². The van der Waals surface area contributed by atoms with E-state index in [1.165, 1.54) is 0 Å². The standard InChI is InChI=1S/C16H25NO3S/c1-11(2)14(18)16(3,4)10-17-15(19)12-6-8-13(9-7-12)21(5)20/h6-9,11,14,18H,10H2,1-5H3,(H,17,19). The molecule has 2 unspecified atom stereocenters. The second-order valence-electron chi connectivity index (χ2n) is 6.34. The fourth-order valence-electron chi connectivity index (χ4n) is 2.22. The molecule has 118 valence electrons. The third-order valence-electron chi connectivity index (χ3n) is 3.59. The van der Waals surface area contributed by atoms with Crippen LogP contribution >= 0.6 is 0 Å². The normalized spacial score (nSPS) is 14.8. The Balaban J connectivity index is 2.67. The molecule has 0 aliphatic heterocycles. The second kappa shape index (κ2) is 7.18. The van der Waals surface area contributed by atoms with Crippen LogP contribution in [0, 0.1) is 11.3 Å². The predicted molar refractivity (Wildman–Crippen MR) is 85.7 cm³/mol. The van der Waals surface area contributed by atoms with E-state index in [1.54, 1.807) is 30.5 Å². The molecule has 1 amide bonds. The summed E-state index contributed by atoms with van der Waals surface area (Å²) in [5.41, 5.74) is 0.133. The lowest BCUT2D eigenvalue weighted by Gasteiger charge is -2.33. The Bertz CT molecular complexity index is 509. The number of hydrogen-bond acceptors (Lipinski definition) is 3. The van der Waals surface area contributed by atoms with Crippen molar-refractivity contribution in [2.45, 2.75) is 38.7 Å². The first-order valence-corrected chi connectivity index (χ1v) is 8.60. The minimum absolute atomic E-state index is 0.135. The minimum Gasteiger partial charge on any atom is -0.392 e. The number of aliphatic hydroxyl groups excluding tert-OH is 1. The molecule has 0 radical (unpaired) electrons. The summed E-state index contributed by atoms with van der Waals surface area (Å²) < 4.78 is 11.3. The smallest absolute Gasteiger partial charge is 0.251 e. The molecule has 0 aromatic heterocycles. The molecule has 1 aromatic rings. The summed E-state index contributed by atoms with van der Waals surface area (Å²) in [5, 5.41) is 13.0. The van der Waals surface area contributed by atoms with E-state index in [9.17, 15) is 14.1 Å². The lowest BCUT2D eigenvalue weighted by Crippen LogP contribution is -2.43. The fourth-order valence-corrected chi connectivity index (χ4v) is 2.73. The van der Waals surface area contributed by atoms with Gasteiger partial charge in [0.15, 0.2) is 0 Å². The highest BCUT2D eigenvalue weighted by molar-refractivity contribution is 7.84. The summed E-state index contributed by atoms with van der Waals surface area (Å²) in [6, 6.07) is 6.72. The lowest BCUT2D eigenvalue weighted by molar-refractivity contribution is 0.0138. The zero-order chi connectivity index (χ0) is 16.2. The number of carbonyl (C=O) groups is 1. The zero-order valence-electron chi connectivity index (χ0n) is 13.3. The number of amides is 1. The first kappa shape index (κ1) is 17.9. The van der Waals surface area contributed by atoms with Crippen LogP contribution in [0.25, 0.3) is 0 Å². The van der Waals surface area contributed by atoms with Crippen LogP contribution in [0.1, 0.15) is 38.1 Å². The van der Waals surface area contributed by atoms with Gasteiger partial charge in [-0.15, -0.1) is 0 Å². The SMILES string of the molecule is CC(C)C(O)C(C)(C)CNC(=O)c1ccc(S(C)=O)cc1. The minimum atomic E-state index is -1.04. The van der Waals surface area contributed by atoms with E-state index in [-0.39, 0.29) is 11.8 Å². The van der Waals surface area contributed by atoms with Crippen molar-refractivity contribution in [2.24, 2.45) is 11.3 Å². The van der Waals surface area contributed by atoms with Crippen molar-refractivity contribution in [1.29, 1.82) is 0 Å². The Hall–Kier alpha value is -1.20. The van der Waals surface area contributed by atoms with Gasteiger partial charge in [0.2, 0.25) is 0 Å². The van der Waals surface area contributed by atoms with Crippen LogP contribution in [0.3, 0.4) is 0 Å². The van der Waals surface area contributed by atoms with E-state index in [1.807, 2.05) is 27.7 Å². The highest BCUT2D eigenvalue weighted by Gasteiger charge is 2.30. The number of carbonyl (C=O) groups excluding carboxylic acids is 1. The largest absolute Gasteiger partial charge is 0.392 e. The average molecular weight is 311 g/mol. The van der Waals surface area contributed by atoms with Crippen molar-refractivity contribution in [3.8, 4) is 0 Å². The molecule has 21 heavy (non-hydrogen) atoms. The summed E-state index contributed by atoms with van der Waals surface area (Å²) in [6.45, 7) is 8.17. The molecular formula is C16H25NO3S. The summed E-state index contributed by atoms with van der Waals surface area (Å²) in [5.74, 6) is -0.0526. The molecule has 0 saturated heterocycles. The van der Waals surface area contributed by atoms with Gasteiger partial charge in [-0.05, 0) is 30.2 Å². The Morgan fingerprint density at radius 2 is 1.81 bits per heavy atom. The lowest BCUT2D eigenvalue weighted by atomic mass is 9.80. The second-order valence-corrected chi connectivity index (χ2v) is 7.72. The van der Waals surface area contributed by atoms with Gasteiger partial charge in [-0.1, -0.05) is 27.7 Å². The summed E-state index contributed by atoms with van der Waals surface area (Å²) in [4.78, 5) is 12.8. The topological polar surface area (TPSA) is 66.4 Å². The molecule has 2 N–H and O–H groups in total. The highest BCUT2D eigenvalue weighted by atomic mass is 32.2. The quantitative estimate of drug-likeness (QED) is 0.846. The third kappa shape index (κ3) is 4.93. The summed E-state index contributed by atoms with van der Waals surface area (Å²) in [7, 11) is -1.04. The van der Waals surface area contributed by atoms with Crippen molar-refractivity contribution < 1.29 is 14.1 Å². The predicted octanol–water partition coefficient (Wildman–Crippen LogP) is 2.20. The number of nitrogens with one attached hydrogen (secondary N) is 1. The maximum atomic E-state index is 12.1. The van der Waals surface area contributed by atoms with Gasteiger partial charge in [0, 0.05) is 39.5 Å². The van der Waals surface area contributed by atoms with Crippen molar-refractivity contribution in [3.05, 3.63) is 29.8 Å². The van der Waals surface area contributed by atoms with Crippen LogP contribution < -0.4 is 5.32 Å². The van der Waals surface area contributed by atoms with Gasteiger partial charge in [-0.25, -0.2) is 0 Å². The molecule has 1 aromatic carbocycles. The molecule has 1 rings (SSSR count). The van der Waals surface area contributed by atoms with Crippen molar-refractivity contribution >= 4 is 16.7 Å². The van der Waals surface area contributed by atoms with Crippen molar-refractivity contribution in [1.82, 2.24) is 5.32 Å². The first-order valence-electron chi connectivity index (χ1n) is 7.05. The molecule has 0 heterocycles. The van der Waals surface area contributed by atoms with Crippen LogP contribution in [0.4, 0.5) is 0 Å². The zero-order valence-corrected chi connectivity index (χ0v) is 14.2. The summed E-state index contributed by atoms with van der Waals surface area (Å²) >= 11 is 0. The maximum absolute atomic E-state index is 12.1. The monoisotopic (exact) mass is 311 g/mol. The van der Waals surface area contributed by atoms with E-state index >= 15 is 0 Å². The average Bonchev–Trinajstić information content (AvgIpc) is 2.43. The van der Waals surface area contributed by atoms with Gasteiger partial charge >= 0.3 is 0 Å². The number of rotatable bonds is 6. The van der Waals surface area contributed by atoms with Gasteiger partial charge in [-0.3, -0.25) is 9.00 Å². The first-order chi connectivity index (χ1) is 9.65. The van der Waals surface area contributed by atoms with Gasteiger partial charge in [0.1, 0.15) is 0 Å². The number of aliphatic hydroxyl groups is 1. The summed E-state index contributed by atoms with van der Waals surface area (Å²) in [6.07, 6.45) is 1.12. The molecule has 0 aliphatic carbocycles. The molecule has 0 fully saturated rings. The van der Waals surface area contributed by atoms with Gasteiger partial charge < -0.3 is 10.4 Å². The van der Waals surface area contributed by atoms with Crippen LogP contribution in [-0.4, -0.2) is 34.1 Å². The molecule has 0 bridgehead atoms. The third-order valence-corrected chi connectivity index (χ3v) is 4.52. The van der Waals surface area contributed by atoms with E-state index in [4.69, 9.17) is 0 Å². The van der Waals surface area contributed by atoms with Crippen LogP contribution in [0.5, 0.6) is 0 Å². The van der Waals surface area contributed by atoms with Crippen LogP contribution in [0.15, 0.2) is 29.2 Å². The molecule has 0 saturated carbocycles. The van der Waals surface area contributed by atoms with Gasteiger partial charge in [0.25, 0.3) is 5.91 Å². The highest BCUT2D eigenvalue weighted by Crippen LogP contribution is 2.25. The molecule has 0 spiro atoms. The molecule has 5 heteroatoms. The van der Waals surface area contributed by atoms with Crippen molar-refractivity contribution in [2.75, 3.05) is 12.8 Å². The van der Waals surface area contributed by atoms with Crippen LogP contribution in [0.2, 0.25) is 0 Å². The maximum Gasteiger partial charge on any atom is 0.251 e. The van der Waals surface area contributed by atoms with E-state index in [2.05, 4.69) is 5.32 Å². The van der Waals surface area contributed by atoms with Crippen molar-refractivity contribution in [3.63, 3.8) is 0 Å². The molecular weight excluding hydrogens is 286 g/mol. The Morgan fingerprint density at radius 1 is 1.29 bits per heavy atom. The van der Waals surface area contributed by atoms with Gasteiger partial charge in [0.05, 0.1) is 6.10 Å². The Morgan fingerprint density at radius 3 is 2.24 bits per heavy atom. The Labute approximate surface area is 129 Å². The number of hydrogen-bond donors (Lipinski definition) is 2. The van der Waals surface area contributed by atoms with E-state index in [0.717, 1.165) is 0 Å². The molecule has 0 aliphatic rings. The fraction of sp³-hybridized carbons (Fsp3) is 0.562.